The molecule has 0 unspecified atom stereocenters. The van der Waals surface area contributed by atoms with Crippen LogP contribution in [0.15, 0.2) is 22.7 Å². The molecule has 5 nitrogen and oxygen atoms in total. The van der Waals surface area contributed by atoms with Crippen LogP contribution >= 0.6 is 0 Å². The summed E-state index contributed by atoms with van der Waals surface area (Å²) in [5, 5.41) is 0. The Bertz CT molecular complexity index is 668. The molecule has 1 heterocycles. The van der Waals surface area contributed by atoms with E-state index in [0.29, 0.717) is 48.3 Å². The number of Topliss-reactive ketones (excluding diaryl/α,β-unsaturated/α-hetero) is 2. The predicted octanol–water partition coefficient (Wildman–Crippen LogP) is 3.48. The van der Waals surface area contributed by atoms with Crippen molar-refractivity contribution in [3.63, 3.8) is 0 Å². The SMILES string of the molecule is CC(=O)OCC1C2=C(CC(C)(C)CC2=O)OC2=C1C(=O)CC(C)(C)C2. The average Bonchev–Trinajstić information content (AvgIpc) is 2.40. The Morgan fingerprint density at radius 2 is 1.40 bits per heavy atom. The van der Waals surface area contributed by atoms with Gasteiger partial charge in [0.25, 0.3) is 0 Å². The molecule has 3 aliphatic rings. The molecule has 2 aliphatic carbocycles. The van der Waals surface area contributed by atoms with Gasteiger partial charge in [0.1, 0.15) is 18.1 Å². The summed E-state index contributed by atoms with van der Waals surface area (Å²) in [5.41, 5.74) is 0.724. The van der Waals surface area contributed by atoms with E-state index in [2.05, 4.69) is 0 Å². The molecule has 0 aromatic rings. The van der Waals surface area contributed by atoms with Crippen LogP contribution in [0.4, 0.5) is 0 Å². The maximum absolute atomic E-state index is 12.8. The van der Waals surface area contributed by atoms with E-state index in [4.69, 9.17) is 9.47 Å². The molecule has 0 N–H and O–H groups in total. The van der Waals surface area contributed by atoms with E-state index in [0.717, 1.165) is 0 Å². The molecule has 0 aromatic heterocycles. The highest BCUT2D eigenvalue weighted by Crippen LogP contribution is 2.50. The van der Waals surface area contributed by atoms with Crippen LogP contribution in [0.2, 0.25) is 0 Å². The molecule has 0 fully saturated rings. The van der Waals surface area contributed by atoms with Crippen LogP contribution in [0.25, 0.3) is 0 Å². The van der Waals surface area contributed by atoms with E-state index in [1.807, 2.05) is 27.7 Å². The van der Waals surface area contributed by atoms with Gasteiger partial charge in [-0.05, 0) is 10.8 Å². The Hall–Kier alpha value is -1.91. The van der Waals surface area contributed by atoms with Gasteiger partial charge in [0.15, 0.2) is 11.6 Å². The van der Waals surface area contributed by atoms with Crippen LogP contribution in [0, 0.1) is 16.7 Å². The lowest BCUT2D eigenvalue weighted by Crippen LogP contribution is -2.40. The van der Waals surface area contributed by atoms with Gasteiger partial charge in [-0.3, -0.25) is 14.4 Å². The zero-order chi connectivity index (χ0) is 18.6. The highest BCUT2D eigenvalue weighted by Gasteiger charge is 2.47. The minimum absolute atomic E-state index is 0.00687. The first-order valence-corrected chi connectivity index (χ1v) is 8.83. The molecule has 0 bridgehead atoms. The topological polar surface area (TPSA) is 69.7 Å². The fourth-order valence-electron chi connectivity index (χ4n) is 4.18. The summed E-state index contributed by atoms with van der Waals surface area (Å²) < 4.78 is 11.3. The van der Waals surface area contributed by atoms with Crippen molar-refractivity contribution in [1.29, 1.82) is 0 Å². The standard InChI is InChI=1S/C20H26O5/c1-11(21)24-10-12-17-13(22)6-19(2,3)8-15(17)25-16-9-20(4,5)7-14(23)18(12)16/h12H,6-10H2,1-5H3. The van der Waals surface area contributed by atoms with Crippen LogP contribution in [-0.4, -0.2) is 24.1 Å². The molecule has 0 saturated carbocycles. The van der Waals surface area contributed by atoms with E-state index in [1.54, 1.807) is 0 Å². The maximum atomic E-state index is 12.8. The van der Waals surface area contributed by atoms with Crippen molar-refractivity contribution in [1.82, 2.24) is 0 Å². The Morgan fingerprint density at radius 3 is 1.80 bits per heavy atom. The van der Waals surface area contributed by atoms with Gasteiger partial charge in [0, 0.05) is 43.8 Å². The van der Waals surface area contributed by atoms with Crippen LogP contribution in [0.3, 0.4) is 0 Å². The number of hydrogen-bond donors (Lipinski definition) is 0. The highest BCUT2D eigenvalue weighted by molar-refractivity contribution is 6.04. The number of allylic oxidation sites excluding steroid dienone is 2. The van der Waals surface area contributed by atoms with Gasteiger partial charge >= 0.3 is 5.97 Å². The zero-order valence-electron chi connectivity index (χ0n) is 15.7. The summed E-state index contributed by atoms with van der Waals surface area (Å²) in [7, 11) is 0. The maximum Gasteiger partial charge on any atom is 0.302 e. The lowest BCUT2D eigenvalue weighted by Gasteiger charge is -2.42. The number of hydrogen-bond acceptors (Lipinski definition) is 5. The number of rotatable bonds is 2. The molecule has 0 amide bonds. The number of esters is 1. The first-order valence-electron chi connectivity index (χ1n) is 8.83. The number of carbonyl (C=O) groups excluding carboxylic acids is 3. The van der Waals surface area contributed by atoms with Crippen molar-refractivity contribution in [2.45, 2.75) is 60.3 Å². The fraction of sp³-hybridized carbons (Fsp3) is 0.650. The molecule has 0 aromatic carbocycles. The molecule has 136 valence electrons. The van der Waals surface area contributed by atoms with Gasteiger partial charge < -0.3 is 9.47 Å². The molecule has 0 atom stereocenters. The monoisotopic (exact) mass is 346 g/mol. The second-order valence-corrected chi connectivity index (χ2v) is 9.01. The van der Waals surface area contributed by atoms with Gasteiger partial charge in [0.05, 0.1) is 5.92 Å². The molecular formula is C20H26O5. The van der Waals surface area contributed by atoms with Crippen molar-refractivity contribution in [2.24, 2.45) is 16.7 Å². The first-order chi connectivity index (χ1) is 11.5. The zero-order valence-corrected chi connectivity index (χ0v) is 15.7. The number of ketones is 2. The van der Waals surface area contributed by atoms with Crippen LogP contribution in [0.5, 0.6) is 0 Å². The minimum atomic E-state index is -0.491. The summed E-state index contributed by atoms with van der Waals surface area (Å²) in [4.78, 5) is 36.9. The number of ether oxygens (including phenoxy) is 2. The second kappa shape index (κ2) is 5.82. The summed E-state index contributed by atoms with van der Waals surface area (Å²) in [6.07, 6.45) is 2.12. The van der Waals surface area contributed by atoms with E-state index in [1.165, 1.54) is 6.92 Å². The van der Waals surface area contributed by atoms with Crippen LogP contribution in [0.1, 0.15) is 60.3 Å². The second-order valence-electron chi connectivity index (χ2n) is 9.01. The summed E-state index contributed by atoms with van der Waals surface area (Å²) in [5.74, 6) is 0.392. The fourth-order valence-corrected chi connectivity index (χ4v) is 4.18. The van der Waals surface area contributed by atoms with Gasteiger partial charge in [-0.25, -0.2) is 0 Å². The summed E-state index contributed by atoms with van der Waals surface area (Å²) in [6.45, 7) is 9.52. The van der Waals surface area contributed by atoms with Gasteiger partial charge in [-0.2, -0.15) is 0 Å². The lowest BCUT2D eigenvalue weighted by molar-refractivity contribution is -0.142. The predicted molar refractivity (Wildman–Crippen MR) is 91.3 cm³/mol. The summed E-state index contributed by atoms with van der Waals surface area (Å²) in [6, 6.07) is 0. The van der Waals surface area contributed by atoms with E-state index in [9.17, 15) is 14.4 Å². The Morgan fingerprint density at radius 1 is 0.960 bits per heavy atom. The smallest absolute Gasteiger partial charge is 0.302 e. The Kier molecular flexibility index (Phi) is 4.17. The van der Waals surface area contributed by atoms with E-state index in [-0.39, 0.29) is 29.0 Å². The third-order valence-electron chi connectivity index (χ3n) is 5.15. The van der Waals surface area contributed by atoms with Crippen LogP contribution in [-0.2, 0) is 23.9 Å². The molecule has 5 heteroatoms. The van der Waals surface area contributed by atoms with E-state index < -0.39 is 11.9 Å². The van der Waals surface area contributed by atoms with Crippen LogP contribution < -0.4 is 0 Å². The molecular weight excluding hydrogens is 320 g/mol. The Labute approximate surface area is 148 Å². The lowest BCUT2D eigenvalue weighted by atomic mass is 9.67. The van der Waals surface area contributed by atoms with Gasteiger partial charge in [-0.1, -0.05) is 27.7 Å². The highest BCUT2D eigenvalue weighted by atomic mass is 16.5. The third-order valence-corrected chi connectivity index (χ3v) is 5.15. The molecule has 0 radical (unpaired) electrons. The first kappa shape index (κ1) is 17.9. The normalized spacial score (nSPS) is 25.3. The molecule has 0 saturated heterocycles. The quantitative estimate of drug-likeness (QED) is 0.716. The third kappa shape index (κ3) is 3.42. The van der Waals surface area contributed by atoms with Crippen molar-refractivity contribution in [3.8, 4) is 0 Å². The van der Waals surface area contributed by atoms with Gasteiger partial charge in [-0.15, -0.1) is 0 Å². The number of carbonyl (C=O) groups is 3. The van der Waals surface area contributed by atoms with Crippen molar-refractivity contribution in [3.05, 3.63) is 22.7 Å². The summed E-state index contributed by atoms with van der Waals surface area (Å²) >= 11 is 0. The van der Waals surface area contributed by atoms with Crippen molar-refractivity contribution in [2.75, 3.05) is 6.61 Å². The molecule has 25 heavy (non-hydrogen) atoms. The van der Waals surface area contributed by atoms with Crippen molar-refractivity contribution < 1.29 is 23.9 Å². The molecule has 0 spiro atoms. The van der Waals surface area contributed by atoms with Crippen molar-refractivity contribution >= 4 is 17.5 Å². The Balaban J connectivity index is 2.05. The molecule has 3 rings (SSSR count). The van der Waals surface area contributed by atoms with E-state index >= 15 is 0 Å². The largest absolute Gasteiger partial charge is 0.465 e. The average molecular weight is 346 g/mol. The van der Waals surface area contributed by atoms with Gasteiger partial charge in [0.2, 0.25) is 0 Å². The molecule has 1 aliphatic heterocycles. The minimum Gasteiger partial charge on any atom is -0.465 e.